The fourth-order valence-corrected chi connectivity index (χ4v) is 4.05. The molecule has 4 atom stereocenters. The Bertz CT molecular complexity index is 650. The molecule has 1 fully saturated rings. The molecule has 2 aromatic rings. The van der Waals surface area contributed by atoms with E-state index in [4.69, 9.17) is 23.2 Å². The molecule has 5 heteroatoms. The van der Waals surface area contributed by atoms with Gasteiger partial charge in [0.15, 0.2) is 5.65 Å². The Kier molecular flexibility index (Phi) is 4.15. The van der Waals surface area contributed by atoms with Gasteiger partial charge in [0.05, 0.1) is 10.4 Å². The number of hydrogen-bond donors (Lipinski definition) is 0. The largest absolute Gasteiger partial charge is 0.308 e. The van der Waals surface area contributed by atoms with E-state index in [-0.39, 0.29) is 5.38 Å². The van der Waals surface area contributed by atoms with Gasteiger partial charge in [-0.25, -0.2) is 9.97 Å². The van der Waals surface area contributed by atoms with E-state index in [1.807, 2.05) is 13.0 Å². The maximum Gasteiger partial charge on any atom is 0.160 e. The molecule has 1 aliphatic carbocycles. The van der Waals surface area contributed by atoms with Gasteiger partial charge in [-0.3, -0.25) is 0 Å². The Morgan fingerprint density at radius 2 is 2.19 bits per heavy atom. The lowest BCUT2D eigenvalue weighted by atomic mass is 9.93. The lowest BCUT2D eigenvalue weighted by Gasteiger charge is -2.24. The number of alkyl halides is 1. The third-order valence-electron chi connectivity index (χ3n) is 4.92. The van der Waals surface area contributed by atoms with E-state index < -0.39 is 0 Å². The molecule has 0 amide bonds. The molecule has 3 nitrogen and oxygen atoms in total. The van der Waals surface area contributed by atoms with Gasteiger partial charge >= 0.3 is 0 Å². The van der Waals surface area contributed by atoms with Gasteiger partial charge < -0.3 is 4.57 Å². The van der Waals surface area contributed by atoms with Crippen molar-refractivity contribution in [2.75, 3.05) is 0 Å². The molecule has 2 aromatic heterocycles. The van der Waals surface area contributed by atoms with Crippen LogP contribution in [0.15, 0.2) is 12.3 Å². The Hall–Kier alpha value is -0.800. The highest BCUT2D eigenvalue weighted by Crippen LogP contribution is 2.44. The molecule has 0 spiro atoms. The molecule has 0 aliphatic heterocycles. The van der Waals surface area contributed by atoms with Crippen LogP contribution in [-0.4, -0.2) is 14.5 Å². The van der Waals surface area contributed by atoms with Crippen LogP contribution >= 0.6 is 23.2 Å². The number of pyridine rings is 1. The van der Waals surface area contributed by atoms with Crippen LogP contribution in [0.5, 0.6) is 0 Å². The molecule has 21 heavy (non-hydrogen) atoms. The summed E-state index contributed by atoms with van der Waals surface area (Å²) in [5, 5.41) is 0.484. The van der Waals surface area contributed by atoms with Crippen molar-refractivity contribution in [3.8, 4) is 0 Å². The van der Waals surface area contributed by atoms with Gasteiger partial charge in [0.2, 0.25) is 0 Å². The standard InChI is InChI=1S/C16H21Cl2N3/c1-4-11-5-6-14(9(11)2)21-15(10(3)17)20-13-7-12(18)8-19-16(13)21/h7-11,14H,4-6H2,1-3H3. The molecule has 0 saturated heterocycles. The average molecular weight is 326 g/mol. The second-order valence-corrected chi connectivity index (χ2v) is 7.22. The molecule has 0 bridgehead atoms. The van der Waals surface area contributed by atoms with E-state index in [1.165, 1.54) is 19.3 Å². The summed E-state index contributed by atoms with van der Waals surface area (Å²) >= 11 is 12.4. The first-order valence-corrected chi connectivity index (χ1v) is 8.51. The molecule has 1 saturated carbocycles. The van der Waals surface area contributed by atoms with Crippen LogP contribution < -0.4 is 0 Å². The summed E-state index contributed by atoms with van der Waals surface area (Å²) in [4.78, 5) is 9.21. The van der Waals surface area contributed by atoms with Crippen molar-refractivity contribution in [2.45, 2.75) is 51.5 Å². The molecular formula is C16H21Cl2N3. The number of nitrogens with zero attached hydrogens (tertiary/aromatic N) is 3. The zero-order valence-corrected chi connectivity index (χ0v) is 14.2. The van der Waals surface area contributed by atoms with Gasteiger partial charge in [0, 0.05) is 12.2 Å². The van der Waals surface area contributed by atoms with Gasteiger partial charge in [-0.15, -0.1) is 11.6 Å². The van der Waals surface area contributed by atoms with Crippen molar-refractivity contribution in [1.82, 2.24) is 14.5 Å². The van der Waals surface area contributed by atoms with E-state index in [9.17, 15) is 0 Å². The number of halogens is 2. The predicted molar refractivity (Wildman–Crippen MR) is 88.0 cm³/mol. The Balaban J connectivity index is 2.14. The number of imidazole rings is 1. The fourth-order valence-electron chi connectivity index (χ4n) is 3.75. The summed E-state index contributed by atoms with van der Waals surface area (Å²) in [6, 6.07) is 2.31. The molecule has 3 rings (SSSR count). The first-order valence-electron chi connectivity index (χ1n) is 7.70. The van der Waals surface area contributed by atoms with Gasteiger partial charge in [0.25, 0.3) is 0 Å². The van der Waals surface area contributed by atoms with Crippen molar-refractivity contribution in [3.63, 3.8) is 0 Å². The molecule has 1 aliphatic rings. The summed E-state index contributed by atoms with van der Waals surface area (Å²) in [5.41, 5.74) is 1.76. The van der Waals surface area contributed by atoms with E-state index in [2.05, 4.69) is 28.4 Å². The second-order valence-electron chi connectivity index (χ2n) is 6.12. The molecule has 0 N–H and O–H groups in total. The molecule has 114 valence electrons. The Morgan fingerprint density at radius 3 is 2.81 bits per heavy atom. The maximum absolute atomic E-state index is 6.37. The van der Waals surface area contributed by atoms with E-state index in [1.54, 1.807) is 6.20 Å². The van der Waals surface area contributed by atoms with Crippen LogP contribution in [0.4, 0.5) is 0 Å². The number of hydrogen-bond acceptors (Lipinski definition) is 2. The maximum atomic E-state index is 6.37. The van der Waals surface area contributed by atoms with Gasteiger partial charge in [-0.2, -0.15) is 0 Å². The van der Waals surface area contributed by atoms with E-state index >= 15 is 0 Å². The van der Waals surface area contributed by atoms with Crippen LogP contribution in [0, 0.1) is 11.8 Å². The minimum atomic E-state index is -0.133. The lowest BCUT2D eigenvalue weighted by Crippen LogP contribution is -2.18. The number of fused-ring (bicyclic) bond motifs is 1. The van der Waals surface area contributed by atoms with E-state index in [0.29, 0.717) is 17.0 Å². The highest BCUT2D eigenvalue weighted by molar-refractivity contribution is 6.31. The van der Waals surface area contributed by atoms with Crippen molar-refractivity contribution in [2.24, 2.45) is 11.8 Å². The Labute approximate surface area is 135 Å². The molecule has 0 aromatic carbocycles. The summed E-state index contributed by atoms with van der Waals surface area (Å²) in [7, 11) is 0. The molecule has 4 unspecified atom stereocenters. The normalized spacial score (nSPS) is 27.4. The Morgan fingerprint density at radius 1 is 1.43 bits per heavy atom. The van der Waals surface area contributed by atoms with E-state index in [0.717, 1.165) is 22.9 Å². The highest BCUT2D eigenvalue weighted by atomic mass is 35.5. The molecular weight excluding hydrogens is 305 g/mol. The topological polar surface area (TPSA) is 30.7 Å². The lowest BCUT2D eigenvalue weighted by molar-refractivity contribution is 0.328. The van der Waals surface area contributed by atoms with Crippen LogP contribution in [-0.2, 0) is 0 Å². The quantitative estimate of drug-likeness (QED) is 0.709. The zero-order valence-electron chi connectivity index (χ0n) is 12.7. The van der Waals surface area contributed by atoms with Gasteiger partial charge in [0.1, 0.15) is 11.3 Å². The fraction of sp³-hybridized carbons (Fsp3) is 0.625. The second kappa shape index (κ2) is 5.77. The van der Waals surface area contributed by atoms with Crippen LogP contribution in [0.25, 0.3) is 11.2 Å². The van der Waals surface area contributed by atoms with Crippen molar-refractivity contribution in [3.05, 3.63) is 23.1 Å². The number of aromatic nitrogens is 3. The smallest absolute Gasteiger partial charge is 0.160 e. The van der Waals surface area contributed by atoms with Crippen LogP contribution in [0.2, 0.25) is 5.02 Å². The average Bonchev–Trinajstić information content (AvgIpc) is 2.98. The van der Waals surface area contributed by atoms with Crippen molar-refractivity contribution >= 4 is 34.4 Å². The summed E-state index contributed by atoms with van der Waals surface area (Å²) < 4.78 is 2.27. The first kappa shape index (κ1) is 15.1. The third-order valence-corrected chi connectivity index (χ3v) is 5.32. The first-order chi connectivity index (χ1) is 10.0. The summed E-state index contributed by atoms with van der Waals surface area (Å²) in [6.07, 6.45) is 5.37. The summed E-state index contributed by atoms with van der Waals surface area (Å²) in [6.45, 7) is 6.59. The van der Waals surface area contributed by atoms with Gasteiger partial charge in [-0.05, 0) is 37.7 Å². The minimum absolute atomic E-state index is 0.133. The van der Waals surface area contributed by atoms with Crippen LogP contribution in [0.3, 0.4) is 0 Å². The van der Waals surface area contributed by atoms with Crippen molar-refractivity contribution < 1.29 is 0 Å². The molecule has 0 radical (unpaired) electrons. The zero-order chi connectivity index (χ0) is 15.1. The van der Waals surface area contributed by atoms with Gasteiger partial charge in [-0.1, -0.05) is 31.9 Å². The minimum Gasteiger partial charge on any atom is -0.308 e. The van der Waals surface area contributed by atoms with Crippen LogP contribution in [0.1, 0.15) is 57.3 Å². The molecule has 2 heterocycles. The summed E-state index contributed by atoms with van der Waals surface area (Å²) in [5.74, 6) is 2.31. The number of rotatable bonds is 3. The SMILES string of the molecule is CCC1CCC(n2c(C(C)Cl)nc3cc(Cl)cnc32)C1C. The third kappa shape index (κ3) is 2.55. The predicted octanol–water partition coefficient (Wildman–Crippen LogP) is 5.38. The highest BCUT2D eigenvalue weighted by Gasteiger charge is 2.35. The van der Waals surface area contributed by atoms with Crippen molar-refractivity contribution in [1.29, 1.82) is 0 Å². The monoisotopic (exact) mass is 325 g/mol.